The van der Waals surface area contributed by atoms with Gasteiger partial charge >= 0.3 is 0 Å². The molecular formula is C11H20N4OS. The van der Waals surface area contributed by atoms with Gasteiger partial charge in [0.2, 0.25) is 0 Å². The molecule has 1 aliphatic rings. The highest BCUT2D eigenvalue weighted by atomic mass is 32.1. The van der Waals surface area contributed by atoms with Gasteiger partial charge in [-0.1, -0.05) is 0 Å². The summed E-state index contributed by atoms with van der Waals surface area (Å²) < 4.78 is 2.69. The minimum atomic E-state index is 0.0272. The molecule has 96 valence electrons. The molecule has 1 saturated heterocycles. The molecule has 0 aliphatic carbocycles. The molecule has 0 amide bonds. The van der Waals surface area contributed by atoms with Crippen molar-refractivity contribution in [2.45, 2.75) is 19.2 Å². The molecule has 2 heterocycles. The molecule has 6 heteroatoms. The van der Waals surface area contributed by atoms with E-state index in [4.69, 9.17) is 12.2 Å². The van der Waals surface area contributed by atoms with Crippen molar-refractivity contribution in [3.8, 4) is 0 Å². The molecule has 1 fully saturated rings. The van der Waals surface area contributed by atoms with Crippen LogP contribution in [0.25, 0.3) is 0 Å². The molecule has 0 aromatic carbocycles. The normalized spacial score (nSPS) is 23.1. The summed E-state index contributed by atoms with van der Waals surface area (Å²) in [5.41, 5.74) is 0.858. The van der Waals surface area contributed by atoms with Crippen molar-refractivity contribution in [3.05, 3.63) is 16.7 Å². The number of aromatic nitrogens is 2. The summed E-state index contributed by atoms with van der Waals surface area (Å²) in [5.74, 6) is 0. The van der Waals surface area contributed by atoms with Gasteiger partial charge in [-0.25, -0.2) is 0 Å². The highest BCUT2D eigenvalue weighted by Gasteiger charge is 2.23. The van der Waals surface area contributed by atoms with Crippen molar-refractivity contribution in [2.75, 3.05) is 33.7 Å². The summed E-state index contributed by atoms with van der Waals surface area (Å²) in [6, 6.07) is 0.446. The third-order valence-corrected chi connectivity index (χ3v) is 3.83. The minimum Gasteiger partial charge on any atom is -0.390 e. The van der Waals surface area contributed by atoms with Crippen LogP contribution in [0.2, 0.25) is 0 Å². The average Bonchev–Trinajstić information content (AvgIpc) is 2.65. The van der Waals surface area contributed by atoms with E-state index in [2.05, 4.69) is 28.9 Å². The van der Waals surface area contributed by atoms with Gasteiger partial charge in [0.25, 0.3) is 0 Å². The lowest BCUT2D eigenvalue weighted by Crippen LogP contribution is -2.51. The first-order valence-electron chi connectivity index (χ1n) is 5.88. The van der Waals surface area contributed by atoms with Gasteiger partial charge in [0, 0.05) is 38.4 Å². The van der Waals surface area contributed by atoms with E-state index in [1.54, 1.807) is 6.20 Å². The van der Waals surface area contributed by atoms with E-state index < -0.39 is 0 Å². The average molecular weight is 256 g/mol. The first-order valence-corrected chi connectivity index (χ1v) is 6.29. The molecule has 2 N–H and O–H groups in total. The van der Waals surface area contributed by atoms with Crippen molar-refractivity contribution in [2.24, 2.45) is 0 Å². The van der Waals surface area contributed by atoms with Gasteiger partial charge in [-0.2, -0.15) is 0 Å². The maximum atomic E-state index is 9.27. The zero-order valence-corrected chi connectivity index (χ0v) is 11.2. The van der Waals surface area contributed by atoms with E-state index in [1.165, 1.54) is 0 Å². The van der Waals surface area contributed by atoms with Crippen LogP contribution in [0, 0.1) is 4.77 Å². The number of nitrogens with zero attached hydrogens (tertiary/aromatic N) is 3. The quantitative estimate of drug-likeness (QED) is 0.763. The summed E-state index contributed by atoms with van der Waals surface area (Å²) in [6.07, 6.45) is 1.79. The second-order valence-electron chi connectivity index (χ2n) is 4.75. The highest BCUT2D eigenvalue weighted by Crippen LogP contribution is 2.11. The molecule has 0 spiro atoms. The molecule has 0 saturated carbocycles. The van der Waals surface area contributed by atoms with Crippen LogP contribution in [0.5, 0.6) is 0 Å². The SMILES string of the molecule is CN1CCN(C)C(Cn2c(CO)c[nH]c2=S)C1. The third kappa shape index (κ3) is 2.77. The summed E-state index contributed by atoms with van der Waals surface area (Å²) in [7, 11) is 4.29. The fourth-order valence-electron chi connectivity index (χ4n) is 2.27. The number of hydrogen-bond donors (Lipinski definition) is 2. The Bertz CT molecular complexity index is 427. The first kappa shape index (κ1) is 12.8. The van der Waals surface area contributed by atoms with E-state index in [0.29, 0.717) is 10.8 Å². The van der Waals surface area contributed by atoms with Gasteiger partial charge in [-0.15, -0.1) is 0 Å². The van der Waals surface area contributed by atoms with Gasteiger partial charge < -0.3 is 19.6 Å². The molecule has 0 radical (unpaired) electrons. The number of piperazine rings is 1. The van der Waals surface area contributed by atoms with Crippen LogP contribution in [0.3, 0.4) is 0 Å². The van der Waals surface area contributed by atoms with E-state index in [9.17, 15) is 5.11 Å². The second kappa shape index (κ2) is 5.30. The van der Waals surface area contributed by atoms with Crippen LogP contribution < -0.4 is 0 Å². The maximum Gasteiger partial charge on any atom is 0.177 e. The standard InChI is InChI=1S/C11H20N4OS/c1-13-3-4-14(2)10(6-13)7-15-9(8-16)5-12-11(15)17/h5,10,16H,3-4,6-8H2,1-2H3,(H,12,17). The van der Waals surface area contributed by atoms with Gasteiger partial charge in [0.05, 0.1) is 12.3 Å². The number of rotatable bonds is 3. The van der Waals surface area contributed by atoms with E-state index in [-0.39, 0.29) is 6.61 Å². The molecule has 1 unspecified atom stereocenters. The molecule has 1 aromatic heterocycles. The second-order valence-corrected chi connectivity index (χ2v) is 5.14. The molecular weight excluding hydrogens is 236 g/mol. The topological polar surface area (TPSA) is 47.4 Å². The zero-order chi connectivity index (χ0) is 12.4. The van der Waals surface area contributed by atoms with E-state index in [1.807, 2.05) is 4.57 Å². The molecule has 1 aliphatic heterocycles. The van der Waals surface area contributed by atoms with Crippen LogP contribution >= 0.6 is 12.2 Å². The Kier molecular flexibility index (Phi) is 3.98. The summed E-state index contributed by atoms with van der Waals surface area (Å²) >= 11 is 5.24. The molecule has 2 rings (SSSR count). The van der Waals surface area contributed by atoms with Crippen LogP contribution in [-0.4, -0.2) is 64.2 Å². The highest BCUT2D eigenvalue weighted by molar-refractivity contribution is 7.71. The van der Waals surface area contributed by atoms with Crippen molar-refractivity contribution in [1.82, 2.24) is 19.4 Å². The predicted molar refractivity (Wildman–Crippen MR) is 69.5 cm³/mol. The lowest BCUT2D eigenvalue weighted by atomic mass is 10.2. The van der Waals surface area contributed by atoms with Gasteiger partial charge in [-0.05, 0) is 26.3 Å². The predicted octanol–water partition coefficient (Wildman–Crippen LogP) is 0.284. The number of imidazole rings is 1. The Morgan fingerprint density at radius 3 is 2.94 bits per heavy atom. The van der Waals surface area contributed by atoms with Crippen molar-refractivity contribution in [3.63, 3.8) is 0 Å². The van der Waals surface area contributed by atoms with Crippen LogP contribution in [0.4, 0.5) is 0 Å². The summed E-state index contributed by atoms with van der Waals surface area (Å²) in [5, 5.41) is 9.27. The Morgan fingerprint density at radius 2 is 2.24 bits per heavy atom. The van der Waals surface area contributed by atoms with Gasteiger partial charge in [0.1, 0.15) is 0 Å². The van der Waals surface area contributed by atoms with E-state index in [0.717, 1.165) is 31.9 Å². The van der Waals surface area contributed by atoms with Gasteiger partial charge in [0.15, 0.2) is 4.77 Å². The Labute approximate surface area is 107 Å². The number of aromatic amines is 1. The van der Waals surface area contributed by atoms with Crippen molar-refractivity contribution in [1.29, 1.82) is 0 Å². The van der Waals surface area contributed by atoms with Crippen LogP contribution in [0.15, 0.2) is 6.20 Å². The Hall–Kier alpha value is -0.690. The van der Waals surface area contributed by atoms with Crippen molar-refractivity contribution >= 4 is 12.2 Å². The summed E-state index contributed by atoms with van der Waals surface area (Å²) in [6.45, 7) is 4.08. The molecule has 17 heavy (non-hydrogen) atoms. The Balaban J connectivity index is 2.13. The monoisotopic (exact) mass is 256 g/mol. The molecule has 0 bridgehead atoms. The number of aliphatic hydroxyl groups is 1. The number of H-pyrrole nitrogens is 1. The number of nitrogens with one attached hydrogen (secondary N) is 1. The number of likely N-dealkylation sites (N-methyl/N-ethyl adjacent to an activating group) is 2. The molecule has 1 atom stereocenters. The maximum absolute atomic E-state index is 9.27. The third-order valence-electron chi connectivity index (χ3n) is 3.49. The largest absolute Gasteiger partial charge is 0.390 e. The zero-order valence-electron chi connectivity index (χ0n) is 10.4. The Morgan fingerprint density at radius 1 is 1.47 bits per heavy atom. The van der Waals surface area contributed by atoms with Gasteiger partial charge in [-0.3, -0.25) is 4.90 Å². The van der Waals surface area contributed by atoms with Crippen LogP contribution in [0.1, 0.15) is 5.69 Å². The fourth-order valence-corrected chi connectivity index (χ4v) is 2.52. The lowest BCUT2D eigenvalue weighted by molar-refractivity contribution is 0.101. The fraction of sp³-hybridized carbons (Fsp3) is 0.727. The summed E-state index contributed by atoms with van der Waals surface area (Å²) in [4.78, 5) is 7.68. The molecule has 5 nitrogen and oxygen atoms in total. The first-order chi connectivity index (χ1) is 8.11. The number of hydrogen-bond acceptors (Lipinski definition) is 4. The van der Waals surface area contributed by atoms with Crippen LogP contribution in [-0.2, 0) is 13.2 Å². The smallest absolute Gasteiger partial charge is 0.177 e. The minimum absolute atomic E-state index is 0.0272. The number of aliphatic hydroxyl groups excluding tert-OH is 1. The molecule has 1 aromatic rings. The van der Waals surface area contributed by atoms with Crippen molar-refractivity contribution < 1.29 is 5.11 Å². The lowest BCUT2D eigenvalue weighted by Gasteiger charge is -2.38. The van der Waals surface area contributed by atoms with E-state index >= 15 is 0 Å².